The summed E-state index contributed by atoms with van der Waals surface area (Å²) in [6, 6.07) is 28.5. The molecule has 0 aliphatic carbocycles. The number of carbonyl (C=O) groups excluding carboxylic acids is 3. The van der Waals surface area contributed by atoms with Crippen LogP contribution in [0.15, 0.2) is 97.1 Å². The van der Waals surface area contributed by atoms with Gasteiger partial charge >= 0.3 is 0 Å². The van der Waals surface area contributed by atoms with Crippen molar-refractivity contribution in [2.24, 2.45) is 5.73 Å². The molecule has 4 rings (SSSR count). The van der Waals surface area contributed by atoms with E-state index in [-0.39, 0.29) is 35.6 Å². The molecule has 2 atom stereocenters. The summed E-state index contributed by atoms with van der Waals surface area (Å²) in [6.45, 7) is 6.08. The van der Waals surface area contributed by atoms with Gasteiger partial charge in [0.2, 0.25) is 5.91 Å². The fourth-order valence-electron chi connectivity index (χ4n) is 5.64. The van der Waals surface area contributed by atoms with Gasteiger partial charge in [-0.15, -0.1) is 0 Å². The van der Waals surface area contributed by atoms with E-state index in [0.29, 0.717) is 32.0 Å². The van der Waals surface area contributed by atoms with Gasteiger partial charge in [-0.2, -0.15) is 0 Å². The van der Waals surface area contributed by atoms with E-state index >= 15 is 0 Å². The zero-order valence-corrected chi connectivity index (χ0v) is 29.1. The third-order valence-corrected chi connectivity index (χ3v) is 8.20. The lowest BCUT2D eigenvalue weighted by molar-refractivity contribution is 0.0755. The van der Waals surface area contributed by atoms with Crippen LogP contribution < -0.4 is 25.8 Å². The summed E-state index contributed by atoms with van der Waals surface area (Å²) < 4.78 is 11.4. The summed E-state index contributed by atoms with van der Waals surface area (Å²) in [5, 5.41) is 17.7. The van der Waals surface area contributed by atoms with Gasteiger partial charge in [-0.05, 0) is 78.4 Å². The van der Waals surface area contributed by atoms with Gasteiger partial charge in [0.05, 0.1) is 19.3 Å². The average Bonchev–Trinajstić information content (AvgIpc) is 3.13. The average molecular weight is 681 g/mol. The van der Waals surface area contributed by atoms with Crippen molar-refractivity contribution >= 4 is 17.7 Å². The fourth-order valence-corrected chi connectivity index (χ4v) is 5.64. The monoisotopic (exact) mass is 680 g/mol. The number of rotatable bonds is 19. The van der Waals surface area contributed by atoms with Crippen LogP contribution in [0.5, 0.6) is 11.5 Å². The Morgan fingerprint density at radius 2 is 1.40 bits per heavy atom. The summed E-state index contributed by atoms with van der Waals surface area (Å²) in [7, 11) is 1.61. The molecular weight excluding hydrogens is 632 g/mol. The van der Waals surface area contributed by atoms with Crippen molar-refractivity contribution in [3.63, 3.8) is 0 Å². The highest BCUT2D eigenvalue weighted by molar-refractivity contribution is 6.04. The third kappa shape index (κ3) is 11.2. The molecule has 0 heterocycles. The minimum absolute atomic E-state index is 0.0502. The molecule has 0 spiro atoms. The molecule has 10 nitrogen and oxygen atoms in total. The molecule has 0 aromatic heterocycles. The van der Waals surface area contributed by atoms with Crippen LogP contribution in [0.25, 0.3) is 0 Å². The van der Waals surface area contributed by atoms with Gasteiger partial charge < -0.3 is 35.8 Å². The number of nitrogens with two attached hydrogens (primary N) is 1. The van der Waals surface area contributed by atoms with Gasteiger partial charge in [0.15, 0.2) is 0 Å². The minimum Gasteiger partial charge on any atom is -0.497 e. The first-order valence-electron chi connectivity index (χ1n) is 17.0. The molecule has 0 saturated carbocycles. The predicted octanol–water partition coefficient (Wildman–Crippen LogP) is 5.13. The predicted molar refractivity (Wildman–Crippen MR) is 194 cm³/mol. The molecule has 3 amide bonds. The topological polar surface area (TPSA) is 143 Å². The summed E-state index contributed by atoms with van der Waals surface area (Å²) in [4.78, 5) is 41.3. The Balaban J connectivity index is 1.57. The van der Waals surface area contributed by atoms with E-state index in [1.807, 2.05) is 92.7 Å². The Bertz CT molecular complexity index is 1710. The van der Waals surface area contributed by atoms with Crippen LogP contribution >= 0.6 is 0 Å². The first-order chi connectivity index (χ1) is 24.2. The number of hydrogen-bond acceptors (Lipinski definition) is 7. The van der Waals surface area contributed by atoms with E-state index in [2.05, 4.69) is 10.6 Å². The van der Waals surface area contributed by atoms with E-state index in [0.717, 1.165) is 35.3 Å². The molecule has 50 heavy (non-hydrogen) atoms. The van der Waals surface area contributed by atoms with Crippen molar-refractivity contribution in [1.82, 2.24) is 15.5 Å². The molecule has 4 aromatic carbocycles. The van der Waals surface area contributed by atoms with Crippen LogP contribution in [0.3, 0.4) is 0 Å². The zero-order valence-electron chi connectivity index (χ0n) is 29.1. The fraction of sp³-hybridized carbons (Fsp3) is 0.325. The van der Waals surface area contributed by atoms with Crippen molar-refractivity contribution in [2.75, 3.05) is 26.7 Å². The highest BCUT2D eigenvalue weighted by Crippen LogP contribution is 2.19. The van der Waals surface area contributed by atoms with Crippen molar-refractivity contribution in [3.05, 3.63) is 130 Å². The van der Waals surface area contributed by atoms with Gasteiger partial charge in [-0.3, -0.25) is 14.4 Å². The standard InChI is InChI=1S/C40H48N4O6/c1-4-17-44(18-5-2)40(48)33-23-31(38(41)46)22-32(24-33)39(47)43-36(37(45)26-42-25-30-14-10-15-34(20-30)49-3)21-29-13-9-16-35(19-29)50-27-28-11-7-6-8-12-28/h6-16,19-20,22-24,36-37,42,45H,4-5,17-18,21,25-27H2,1-3H3,(H2,41,46)(H,43,47)/t36-,37+/m0/s1. The second-order valence-corrected chi connectivity index (χ2v) is 12.2. The van der Waals surface area contributed by atoms with Crippen LogP contribution in [-0.2, 0) is 19.6 Å². The summed E-state index contributed by atoms with van der Waals surface area (Å²) >= 11 is 0. The minimum atomic E-state index is -1.01. The van der Waals surface area contributed by atoms with E-state index < -0.39 is 24.0 Å². The lowest BCUT2D eigenvalue weighted by Gasteiger charge is -2.26. The van der Waals surface area contributed by atoms with Crippen molar-refractivity contribution in [1.29, 1.82) is 0 Å². The van der Waals surface area contributed by atoms with Gasteiger partial charge in [0.25, 0.3) is 11.8 Å². The van der Waals surface area contributed by atoms with E-state index in [1.165, 1.54) is 18.2 Å². The summed E-state index contributed by atoms with van der Waals surface area (Å²) in [5.41, 5.74) is 8.82. The maximum Gasteiger partial charge on any atom is 0.253 e. The smallest absolute Gasteiger partial charge is 0.253 e. The quantitative estimate of drug-likeness (QED) is 0.108. The lowest BCUT2D eigenvalue weighted by atomic mass is 9.99. The van der Waals surface area contributed by atoms with Crippen LogP contribution in [0.2, 0.25) is 0 Å². The van der Waals surface area contributed by atoms with Gasteiger partial charge in [0, 0.05) is 42.9 Å². The maximum absolute atomic E-state index is 13.9. The van der Waals surface area contributed by atoms with Crippen LogP contribution in [0, 0.1) is 0 Å². The van der Waals surface area contributed by atoms with Gasteiger partial charge in [-0.1, -0.05) is 68.4 Å². The number of benzene rings is 4. The Morgan fingerprint density at radius 3 is 2.08 bits per heavy atom. The number of nitrogens with one attached hydrogen (secondary N) is 2. The van der Waals surface area contributed by atoms with Crippen LogP contribution in [0.1, 0.15) is 74.5 Å². The van der Waals surface area contributed by atoms with Crippen LogP contribution in [-0.4, -0.2) is 66.6 Å². The maximum atomic E-state index is 13.9. The summed E-state index contributed by atoms with van der Waals surface area (Å²) in [5.74, 6) is -0.197. The molecular formula is C40H48N4O6. The first-order valence-corrected chi connectivity index (χ1v) is 17.0. The molecule has 0 bridgehead atoms. The number of aliphatic hydroxyl groups excluding tert-OH is 1. The SMILES string of the molecule is CCCN(CCC)C(=O)c1cc(C(N)=O)cc(C(=O)N[C@@H](Cc2cccc(OCc3ccccc3)c2)[C@H](O)CNCc2cccc(OC)c2)c1. The Kier molecular flexibility index (Phi) is 14.4. The number of hydrogen-bond donors (Lipinski definition) is 4. The number of aliphatic hydroxyl groups is 1. The molecule has 0 aliphatic heterocycles. The van der Waals surface area contributed by atoms with Crippen molar-refractivity contribution in [2.45, 2.75) is 58.4 Å². The van der Waals surface area contributed by atoms with E-state index in [9.17, 15) is 19.5 Å². The zero-order chi connectivity index (χ0) is 35.9. The number of primary amides is 1. The Labute approximate surface area is 294 Å². The number of methoxy groups -OCH3 is 1. The van der Waals surface area contributed by atoms with Crippen molar-refractivity contribution in [3.8, 4) is 11.5 Å². The first kappa shape index (κ1) is 37.6. The van der Waals surface area contributed by atoms with E-state index in [4.69, 9.17) is 15.2 Å². The van der Waals surface area contributed by atoms with E-state index in [1.54, 1.807) is 12.0 Å². The number of ether oxygens (including phenoxy) is 2. The summed E-state index contributed by atoms with van der Waals surface area (Å²) in [6.07, 6.45) is 0.790. The van der Waals surface area contributed by atoms with Crippen molar-refractivity contribution < 1.29 is 29.0 Å². The molecule has 0 fully saturated rings. The molecule has 0 unspecified atom stereocenters. The van der Waals surface area contributed by atoms with Gasteiger partial charge in [0.1, 0.15) is 18.1 Å². The normalized spacial score (nSPS) is 12.1. The molecule has 0 saturated heterocycles. The van der Waals surface area contributed by atoms with Crippen LogP contribution in [0.4, 0.5) is 0 Å². The Hall–Kier alpha value is -5.19. The molecule has 0 aliphatic rings. The molecule has 264 valence electrons. The number of amides is 3. The largest absolute Gasteiger partial charge is 0.497 e. The molecule has 4 aromatic rings. The number of nitrogens with zero attached hydrogens (tertiary/aromatic N) is 1. The highest BCUT2D eigenvalue weighted by atomic mass is 16.5. The number of carbonyl (C=O) groups is 3. The second kappa shape index (κ2) is 19.1. The van der Waals surface area contributed by atoms with Gasteiger partial charge in [-0.25, -0.2) is 0 Å². The molecule has 10 heteroatoms. The molecule has 0 radical (unpaired) electrons. The third-order valence-electron chi connectivity index (χ3n) is 8.20. The highest BCUT2D eigenvalue weighted by Gasteiger charge is 2.25. The molecule has 5 N–H and O–H groups in total. The lowest BCUT2D eigenvalue weighted by Crippen LogP contribution is -2.48. The second-order valence-electron chi connectivity index (χ2n) is 12.2. The Morgan fingerprint density at radius 1 is 0.780 bits per heavy atom.